The third kappa shape index (κ3) is 5.89. The summed E-state index contributed by atoms with van der Waals surface area (Å²) >= 11 is 1.28. The second-order valence-corrected chi connectivity index (χ2v) is 8.99. The molecule has 0 spiro atoms. The van der Waals surface area contributed by atoms with Gasteiger partial charge in [0.2, 0.25) is 10.9 Å². The number of methoxy groups -OCH3 is 2. The molecule has 2 amide bonds. The zero-order chi connectivity index (χ0) is 23.9. The molecular formula is C24H27N5O4S. The number of amides is 2. The van der Waals surface area contributed by atoms with Gasteiger partial charge in [0.25, 0.3) is 5.91 Å². The SMILES string of the molecule is COc1ccc(NC(=O)c2nnc(CN3CCC(C(=O)Nc4ccccc4OC)CC3)s2)cc1. The molecule has 10 heteroatoms. The van der Waals surface area contributed by atoms with Crippen molar-refractivity contribution in [2.45, 2.75) is 19.4 Å². The smallest absolute Gasteiger partial charge is 0.286 e. The van der Waals surface area contributed by atoms with E-state index in [1.165, 1.54) is 11.3 Å². The lowest BCUT2D eigenvalue weighted by molar-refractivity contribution is -0.121. The normalized spacial score (nSPS) is 14.4. The van der Waals surface area contributed by atoms with Crippen molar-refractivity contribution in [3.63, 3.8) is 0 Å². The first-order chi connectivity index (χ1) is 16.6. The number of nitrogens with zero attached hydrogens (tertiary/aromatic N) is 3. The molecule has 4 rings (SSSR count). The standard InChI is InChI=1S/C24H27N5O4S/c1-32-18-9-7-17(8-10-18)25-23(31)24-28-27-21(34-24)15-29-13-11-16(12-14-29)22(30)26-19-5-3-4-6-20(19)33-2/h3-10,16H,11-15H2,1-2H3,(H,25,31)(H,26,30). The summed E-state index contributed by atoms with van der Waals surface area (Å²) in [5.41, 5.74) is 1.35. The fourth-order valence-electron chi connectivity index (χ4n) is 3.80. The molecule has 0 unspecified atom stereocenters. The van der Waals surface area contributed by atoms with Gasteiger partial charge >= 0.3 is 0 Å². The van der Waals surface area contributed by atoms with Gasteiger partial charge in [-0.2, -0.15) is 0 Å². The van der Waals surface area contributed by atoms with Crippen LogP contribution in [0, 0.1) is 5.92 Å². The van der Waals surface area contributed by atoms with Crippen molar-refractivity contribution >= 4 is 34.5 Å². The predicted molar refractivity (Wildman–Crippen MR) is 130 cm³/mol. The highest BCUT2D eigenvalue weighted by Gasteiger charge is 2.26. The Hall–Kier alpha value is -3.50. The lowest BCUT2D eigenvalue weighted by atomic mass is 9.96. The van der Waals surface area contributed by atoms with Crippen LogP contribution in [-0.4, -0.2) is 54.2 Å². The predicted octanol–water partition coefficient (Wildman–Crippen LogP) is 3.66. The van der Waals surface area contributed by atoms with Crippen LogP contribution >= 0.6 is 11.3 Å². The molecule has 0 radical (unpaired) electrons. The minimum Gasteiger partial charge on any atom is -0.497 e. The minimum absolute atomic E-state index is 0.0116. The first-order valence-electron chi connectivity index (χ1n) is 11.0. The van der Waals surface area contributed by atoms with Crippen LogP contribution in [-0.2, 0) is 11.3 Å². The van der Waals surface area contributed by atoms with Crippen molar-refractivity contribution in [2.75, 3.05) is 37.9 Å². The molecule has 2 aromatic carbocycles. The van der Waals surface area contributed by atoms with E-state index in [9.17, 15) is 9.59 Å². The number of aromatic nitrogens is 2. The number of nitrogens with one attached hydrogen (secondary N) is 2. The van der Waals surface area contributed by atoms with Crippen LogP contribution in [0.5, 0.6) is 11.5 Å². The molecule has 0 aliphatic carbocycles. The summed E-state index contributed by atoms with van der Waals surface area (Å²) in [7, 11) is 3.18. The summed E-state index contributed by atoms with van der Waals surface area (Å²) in [5.74, 6) is 1.04. The van der Waals surface area contributed by atoms with E-state index in [0.29, 0.717) is 28.7 Å². The highest BCUT2D eigenvalue weighted by atomic mass is 32.1. The Bertz CT molecular complexity index is 1130. The number of para-hydroxylation sites is 2. The topological polar surface area (TPSA) is 106 Å². The third-order valence-electron chi connectivity index (χ3n) is 5.69. The molecule has 1 aromatic heterocycles. The molecule has 3 aromatic rings. The molecule has 1 aliphatic heterocycles. The number of piperidine rings is 1. The lowest BCUT2D eigenvalue weighted by Crippen LogP contribution is -2.37. The second kappa shape index (κ2) is 11.1. The highest BCUT2D eigenvalue weighted by molar-refractivity contribution is 7.13. The van der Waals surface area contributed by atoms with Crippen molar-refractivity contribution in [3.8, 4) is 11.5 Å². The molecule has 1 aliphatic rings. The molecule has 0 atom stereocenters. The zero-order valence-corrected chi connectivity index (χ0v) is 19.9. The van der Waals surface area contributed by atoms with Crippen LogP contribution in [0.1, 0.15) is 27.7 Å². The monoisotopic (exact) mass is 481 g/mol. The summed E-state index contributed by atoms with van der Waals surface area (Å²) in [4.78, 5) is 27.4. The van der Waals surface area contributed by atoms with Gasteiger partial charge < -0.3 is 20.1 Å². The average Bonchev–Trinajstić information content (AvgIpc) is 3.34. The summed E-state index contributed by atoms with van der Waals surface area (Å²) in [5, 5.41) is 15.1. The third-order valence-corrected chi connectivity index (χ3v) is 6.60. The summed E-state index contributed by atoms with van der Waals surface area (Å²) in [6.45, 7) is 2.16. The number of benzene rings is 2. The molecule has 1 fully saturated rings. The fourth-order valence-corrected chi connectivity index (χ4v) is 4.57. The maximum absolute atomic E-state index is 12.7. The van der Waals surface area contributed by atoms with E-state index in [-0.39, 0.29) is 17.7 Å². The van der Waals surface area contributed by atoms with E-state index >= 15 is 0 Å². The Kier molecular flexibility index (Phi) is 7.71. The first-order valence-corrected chi connectivity index (χ1v) is 11.8. The van der Waals surface area contributed by atoms with Gasteiger partial charge in [0.1, 0.15) is 16.5 Å². The van der Waals surface area contributed by atoms with Crippen molar-refractivity contribution in [1.29, 1.82) is 0 Å². The number of anilines is 2. The lowest BCUT2D eigenvalue weighted by Gasteiger charge is -2.30. The molecule has 34 heavy (non-hydrogen) atoms. The number of carbonyl (C=O) groups is 2. The van der Waals surface area contributed by atoms with Crippen LogP contribution in [0.2, 0.25) is 0 Å². The molecule has 1 saturated heterocycles. The Morgan fingerprint density at radius 3 is 2.44 bits per heavy atom. The number of carbonyl (C=O) groups excluding carboxylic acids is 2. The number of ether oxygens (including phenoxy) is 2. The minimum atomic E-state index is -0.291. The van der Waals surface area contributed by atoms with Crippen molar-refractivity contribution in [1.82, 2.24) is 15.1 Å². The Morgan fingerprint density at radius 2 is 1.74 bits per heavy atom. The van der Waals surface area contributed by atoms with Gasteiger partial charge in [0.15, 0.2) is 0 Å². The molecule has 2 heterocycles. The van der Waals surface area contributed by atoms with Crippen LogP contribution < -0.4 is 20.1 Å². The molecule has 0 saturated carbocycles. The Labute approximate surface area is 202 Å². The van der Waals surface area contributed by atoms with E-state index in [1.807, 2.05) is 24.3 Å². The molecule has 0 bridgehead atoms. The maximum atomic E-state index is 12.7. The van der Waals surface area contributed by atoms with Crippen molar-refractivity contribution in [2.24, 2.45) is 5.92 Å². The summed E-state index contributed by atoms with van der Waals surface area (Å²) in [6.07, 6.45) is 1.51. The van der Waals surface area contributed by atoms with E-state index in [1.54, 1.807) is 38.5 Å². The number of rotatable bonds is 8. The number of hydrogen-bond acceptors (Lipinski definition) is 8. The van der Waals surface area contributed by atoms with Crippen LogP contribution in [0.4, 0.5) is 11.4 Å². The van der Waals surface area contributed by atoms with Gasteiger partial charge in [-0.3, -0.25) is 14.5 Å². The van der Waals surface area contributed by atoms with Crippen LogP contribution in [0.25, 0.3) is 0 Å². The van der Waals surface area contributed by atoms with Crippen molar-refractivity contribution in [3.05, 3.63) is 58.5 Å². The summed E-state index contributed by atoms with van der Waals surface area (Å²) in [6, 6.07) is 14.5. The van der Waals surface area contributed by atoms with Crippen LogP contribution in [0.15, 0.2) is 48.5 Å². The van der Waals surface area contributed by atoms with Crippen molar-refractivity contribution < 1.29 is 19.1 Å². The molecule has 178 valence electrons. The number of hydrogen-bond donors (Lipinski definition) is 2. The largest absolute Gasteiger partial charge is 0.497 e. The maximum Gasteiger partial charge on any atom is 0.286 e. The van der Waals surface area contributed by atoms with Gasteiger partial charge in [-0.05, 0) is 62.3 Å². The Balaban J connectivity index is 1.26. The Morgan fingerprint density at radius 1 is 1.00 bits per heavy atom. The average molecular weight is 482 g/mol. The zero-order valence-electron chi connectivity index (χ0n) is 19.1. The number of likely N-dealkylation sites (tertiary alicyclic amines) is 1. The van der Waals surface area contributed by atoms with E-state index in [4.69, 9.17) is 9.47 Å². The molecule has 9 nitrogen and oxygen atoms in total. The van der Waals surface area contributed by atoms with Gasteiger partial charge in [-0.15, -0.1) is 10.2 Å². The fraction of sp³-hybridized carbons (Fsp3) is 0.333. The van der Waals surface area contributed by atoms with E-state index in [0.717, 1.165) is 36.7 Å². The summed E-state index contributed by atoms with van der Waals surface area (Å²) < 4.78 is 10.4. The van der Waals surface area contributed by atoms with E-state index < -0.39 is 0 Å². The first kappa shape index (κ1) is 23.7. The van der Waals surface area contributed by atoms with Gasteiger partial charge in [-0.25, -0.2) is 0 Å². The second-order valence-electron chi connectivity index (χ2n) is 7.92. The van der Waals surface area contributed by atoms with Gasteiger partial charge in [0, 0.05) is 11.6 Å². The molecular weight excluding hydrogens is 454 g/mol. The molecule has 2 N–H and O–H groups in total. The van der Waals surface area contributed by atoms with E-state index in [2.05, 4.69) is 25.7 Å². The van der Waals surface area contributed by atoms with Gasteiger partial charge in [0.05, 0.1) is 26.5 Å². The highest BCUT2D eigenvalue weighted by Crippen LogP contribution is 2.26. The quantitative estimate of drug-likeness (QED) is 0.506. The van der Waals surface area contributed by atoms with Crippen LogP contribution in [0.3, 0.4) is 0 Å². The van der Waals surface area contributed by atoms with Gasteiger partial charge in [-0.1, -0.05) is 23.5 Å².